The second kappa shape index (κ2) is 11.0. The fourth-order valence-electron chi connectivity index (χ4n) is 2.67. The molecule has 3 rings (SSSR count). The molecule has 0 radical (unpaired) electrons. The maximum absolute atomic E-state index is 12.4. The van der Waals surface area contributed by atoms with Gasteiger partial charge in [-0.2, -0.15) is 13.2 Å². The maximum atomic E-state index is 12.4. The number of carbonyl (C=O) groups is 1. The van der Waals surface area contributed by atoms with Crippen LogP contribution in [0.25, 0.3) is 6.08 Å². The predicted molar refractivity (Wildman–Crippen MR) is 116 cm³/mol. The van der Waals surface area contributed by atoms with Crippen molar-refractivity contribution in [3.8, 4) is 5.88 Å². The van der Waals surface area contributed by atoms with Gasteiger partial charge in [0.15, 0.2) is 6.61 Å². The lowest BCUT2D eigenvalue weighted by Crippen LogP contribution is -2.23. The molecular weight excluding hydrogens is 475 g/mol. The van der Waals surface area contributed by atoms with E-state index in [0.29, 0.717) is 11.3 Å². The molecule has 2 N–H and O–H groups in total. The van der Waals surface area contributed by atoms with Gasteiger partial charge in [0.25, 0.3) is 0 Å². The summed E-state index contributed by atoms with van der Waals surface area (Å²) in [6, 6.07) is 12.1. The molecule has 180 valence electrons. The Labute approximate surface area is 193 Å². The number of carbonyl (C=O) groups excluding carboxylic acids is 1. The summed E-state index contributed by atoms with van der Waals surface area (Å²) in [6.45, 7) is -1.57. The average Bonchev–Trinajstić information content (AvgIpc) is 3.33. The number of hydrogen-bond donors (Lipinski definition) is 2. The van der Waals surface area contributed by atoms with Gasteiger partial charge in [-0.3, -0.25) is 4.79 Å². The molecule has 2 aromatic heterocycles. The van der Waals surface area contributed by atoms with Crippen LogP contribution in [-0.4, -0.2) is 32.1 Å². The van der Waals surface area contributed by atoms with Crippen molar-refractivity contribution in [2.75, 3.05) is 6.61 Å². The van der Waals surface area contributed by atoms with Crippen LogP contribution >= 0.6 is 0 Å². The third kappa shape index (κ3) is 7.74. The minimum Gasteiger partial charge on any atom is -0.468 e. The molecule has 0 fully saturated rings. The normalized spacial score (nSPS) is 12.1. The topological polar surface area (TPSA) is 111 Å². The molecule has 1 amide bonds. The summed E-state index contributed by atoms with van der Waals surface area (Å²) in [5.41, 5.74) is 0.848. The molecule has 0 aliphatic rings. The Bertz CT molecular complexity index is 1230. The summed E-state index contributed by atoms with van der Waals surface area (Å²) in [4.78, 5) is 15.9. The fourth-order valence-corrected chi connectivity index (χ4v) is 3.67. The first-order chi connectivity index (χ1) is 16.1. The van der Waals surface area contributed by atoms with Crippen molar-refractivity contribution >= 4 is 22.0 Å². The summed E-state index contributed by atoms with van der Waals surface area (Å²) in [6.07, 6.45) is 0.897. The third-order valence-electron chi connectivity index (χ3n) is 4.31. The van der Waals surface area contributed by atoms with Gasteiger partial charge in [-0.15, -0.1) is 0 Å². The van der Waals surface area contributed by atoms with Crippen LogP contribution in [0.3, 0.4) is 0 Å². The summed E-state index contributed by atoms with van der Waals surface area (Å²) < 4.78 is 74.0. The highest BCUT2D eigenvalue weighted by Crippen LogP contribution is 2.20. The van der Waals surface area contributed by atoms with Crippen molar-refractivity contribution < 1.29 is 35.5 Å². The molecule has 0 unspecified atom stereocenters. The lowest BCUT2D eigenvalue weighted by atomic mass is 10.2. The molecular formula is C22H20F3N3O5S. The molecule has 0 bridgehead atoms. The fraction of sp³-hybridized carbons (Fsp3) is 0.182. The number of pyridine rings is 1. The molecule has 0 aliphatic carbocycles. The highest BCUT2D eigenvalue weighted by atomic mass is 32.2. The molecule has 34 heavy (non-hydrogen) atoms. The van der Waals surface area contributed by atoms with Crippen LogP contribution in [0.5, 0.6) is 5.88 Å². The highest BCUT2D eigenvalue weighted by Gasteiger charge is 2.29. The molecule has 1 aromatic carbocycles. The lowest BCUT2D eigenvalue weighted by Gasteiger charge is -2.12. The first-order valence-corrected chi connectivity index (χ1v) is 11.3. The van der Waals surface area contributed by atoms with Crippen LogP contribution in [0.2, 0.25) is 0 Å². The molecule has 0 atom stereocenters. The van der Waals surface area contributed by atoms with Crippen LogP contribution in [0, 0.1) is 0 Å². The molecule has 3 aromatic rings. The van der Waals surface area contributed by atoms with E-state index >= 15 is 0 Å². The van der Waals surface area contributed by atoms with Gasteiger partial charge < -0.3 is 14.5 Å². The van der Waals surface area contributed by atoms with Gasteiger partial charge in [0, 0.05) is 24.4 Å². The van der Waals surface area contributed by atoms with E-state index in [1.807, 2.05) is 0 Å². The average molecular weight is 495 g/mol. The zero-order valence-corrected chi connectivity index (χ0v) is 18.4. The van der Waals surface area contributed by atoms with Gasteiger partial charge in [-0.25, -0.2) is 18.1 Å². The van der Waals surface area contributed by atoms with Gasteiger partial charge in [0.1, 0.15) is 5.76 Å². The van der Waals surface area contributed by atoms with E-state index in [0.717, 1.165) is 0 Å². The number of hydrogen-bond acceptors (Lipinski definition) is 6. The van der Waals surface area contributed by atoms with E-state index < -0.39 is 28.7 Å². The van der Waals surface area contributed by atoms with E-state index in [4.69, 9.17) is 4.42 Å². The largest absolute Gasteiger partial charge is 0.468 e. The quantitative estimate of drug-likeness (QED) is 0.417. The zero-order chi connectivity index (χ0) is 24.6. The Balaban J connectivity index is 1.53. The third-order valence-corrected chi connectivity index (χ3v) is 5.73. The van der Waals surface area contributed by atoms with Gasteiger partial charge in [-0.1, -0.05) is 18.2 Å². The SMILES string of the molecule is O=C(/C=C/c1ccc(S(=O)(=O)NCc2ccco2)cc1)NCc1cccnc1OCC(F)(F)F. The minimum atomic E-state index is -4.51. The van der Waals surface area contributed by atoms with Gasteiger partial charge in [0.05, 0.1) is 17.7 Å². The number of sulfonamides is 1. The smallest absolute Gasteiger partial charge is 0.422 e. The number of halogens is 3. The predicted octanol–water partition coefficient (Wildman–Crippen LogP) is 3.42. The Hall–Kier alpha value is -3.64. The number of nitrogens with one attached hydrogen (secondary N) is 2. The van der Waals surface area contributed by atoms with Crippen LogP contribution in [-0.2, 0) is 27.9 Å². The molecule has 2 heterocycles. The van der Waals surface area contributed by atoms with E-state index in [1.165, 1.54) is 61.0 Å². The number of nitrogens with zero attached hydrogens (tertiary/aromatic N) is 1. The van der Waals surface area contributed by atoms with Crippen LogP contribution in [0.4, 0.5) is 13.2 Å². The maximum Gasteiger partial charge on any atom is 0.422 e. The number of amides is 1. The molecule has 0 saturated heterocycles. The number of aromatic nitrogens is 1. The number of furan rings is 1. The van der Waals surface area contributed by atoms with Crippen LogP contribution in [0.15, 0.2) is 76.4 Å². The van der Waals surface area contributed by atoms with Crippen molar-refractivity contribution in [1.82, 2.24) is 15.0 Å². The van der Waals surface area contributed by atoms with Gasteiger partial charge in [-0.05, 0) is 42.0 Å². The summed E-state index contributed by atoms with van der Waals surface area (Å²) in [5, 5.41) is 2.53. The molecule has 0 spiro atoms. The number of benzene rings is 1. The van der Waals surface area contributed by atoms with Crippen molar-refractivity contribution in [3.63, 3.8) is 0 Å². The minimum absolute atomic E-state index is 0.0110. The summed E-state index contributed by atoms with van der Waals surface area (Å²) in [5.74, 6) is -0.261. The first-order valence-electron chi connectivity index (χ1n) is 9.84. The summed E-state index contributed by atoms with van der Waals surface area (Å²) >= 11 is 0. The molecule has 12 heteroatoms. The second-order valence-corrected chi connectivity index (χ2v) is 8.66. The van der Waals surface area contributed by atoms with Crippen LogP contribution in [0.1, 0.15) is 16.9 Å². The standard InChI is InChI=1S/C22H20F3N3O5S/c23-22(24,25)15-33-21-17(3-1-11-26-21)13-27-20(29)10-7-16-5-8-19(9-6-16)34(30,31)28-14-18-4-2-12-32-18/h1-12,28H,13-15H2,(H,27,29)/b10-7+. The Morgan fingerprint density at radius 2 is 1.85 bits per heavy atom. The van der Waals surface area contributed by atoms with Crippen molar-refractivity contribution in [1.29, 1.82) is 0 Å². The first kappa shape index (κ1) is 25.0. The zero-order valence-electron chi connectivity index (χ0n) is 17.6. The summed E-state index contributed by atoms with van der Waals surface area (Å²) in [7, 11) is -3.74. The molecule has 0 aliphatic heterocycles. The molecule has 8 nitrogen and oxygen atoms in total. The van der Waals surface area contributed by atoms with Gasteiger partial charge >= 0.3 is 6.18 Å². The lowest BCUT2D eigenvalue weighted by molar-refractivity contribution is -0.154. The number of alkyl halides is 3. The van der Waals surface area contributed by atoms with Crippen molar-refractivity contribution in [3.05, 3.63) is 84.0 Å². The Kier molecular flexibility index (Phi) is 8.08. The van der Waals surface area contributed by atoms with Gasteiger partial charge in [0.2, 0.25) is 21.8 Å². The molecule has 0 saturated carbocycles. The van der Waals surface area contributed by atoms with Crippen molar-refractivity contribution in [2.24, 2.45) is 0 Å². The highest BCUT2D eigenvalue weighted by molar-refractivity contribution is 7.89. The Morgan fingerprint density at radius 3 is 2.53 bits per heavy atom. The van der Waals surface area contributed by atoms with E-state index in [-0.39, 0.29) is 29.4 Å². The Morgan fingerprint density at radius 1 is 1.09 bits per heavy atom. The monoisotopic (exact) mass is 495 g/mol. The van der Waals surface area contributed by atoms with E-state index in [9.17, 15) is 26.4 Å². The van der Waals surface area contributed by atoms with Crippen LogP contribution < -0.4 is 14.8 Å². The second-order valence-electron chi connectivity index (χ2n) is 6.90. The number of ether oxygens (including phenoxy) is 1. The van der Waals surface area contributed by atoms with E-state index in [1.54, 1.807) is 12.1 Å². The van der Waals surface area contributed by atoms with E-state index in [2.05, 4.69) is 19.8 Å². The number of rotatable bonds is 10. The van der Waals surface area contributed by atoms with Crippen molar-refractivity contribution in [2.45, 2.75) is 24.2 Å².